The molecule has 0 aliphatic carbocycles. The smallest absolute Gasteiger partial charge is 0.253 e. The third-order valence-corrected chi connectivity index (χ3v) is 7.55. The molecule has 1 aromatic carbocycles. The molecule has 0 aromatic heterocycles. The third-order valence-electron chi connectivity index (χ3n) is 6.04. The van der Waals surface area contributed by atoms with Crippen molar-refractivity contribution < 1.29 is 27.5 Å². The van der Waals surface area contributed by atoms with Crippen molar-refractivity contribution in [3.8, 4) is 0 Å². The predicted octanol–water partition coefficient (Wildman–Crippen LogP) is 0.393. The Morgan fingerprint density at radius 3 is 2.61 bits per heavy atom. The first-order valence-corrected chi connectivity index (χ1v) is 12.6. The first-order chi connectivity index (χ1) is 15.5. The monoisotopic (exact) mass is 480 g/mol. The number of nitrogens with zero attached hydrogens (tertiary/aromatic N) is 2. The molecule has 33 heavy (non-hydrogen) atoms. The van der Waals surface area contributed by atoms with Gasteiger partial charge in [0.25, 0.3) is 5.91 Å². The lowest BCUT2D eigenvalue weighted by atomic mass is 9.84. The zero-order valence-corrected chi connectivity index (χ0v) is 20.1. The number of amides is 3. The van der Waals surface area contributed by atoms with Crippen LogP contribution in [0.15, 0.2) is 23.1 Å². The summed E-state index contributed by atoms with van der Waals surface area (Å²) in [5.74, 6) is -1.99. The normalized spacial score (nSPS) is 19.9. The van der Waals surface area contributed by atoms with E-state index in [-0.39, 0.29) is 22.8 Å². The number of primary amides is 1. The molecule has 1 aromatic rings. The highest BCUT2D eigenvalue weighted by Crippen LogP contribution is 2.30. The van der Waals surface area contributed by atoms with Gasteiger partial charge in [0, 0.05) is 25.3 Å². The van der Waals surface area contributed by atoms with Gasteiger partial charge in [0.1, 0.15) is 6.61 Å². The van der Waals surface area contributed by atoms with Crippen LogP contribution in [0.25, 0.3) is 0 Å². The third kappa shape index (κ3) is 5.53. The van der Waals surface area contributed by atoms with Gasteiger partial charge in [-0.3, -0.25) is 14.4 Å². The van der Waals surface area contributed by atoms with Gasteiger partial charge in [-0.25, -0.2) is 8.42 Å². The summed E-state index contributed by atoms with van der Waals surface area (Å²) in [5, 5.41) is 0. The number of carbonyl (C=O) groups is 3. The number of carbonyl (C=O) groups excluding carboxylic acids is 3. The average molecular weight is 481 g/mol. The van der Waals surface area contributed by atoms with Crippen molar-refractivity contribution in [1.82, 2.24) is 9.62 Å². The largest absolute Gasteiger partial charge is 0.370 e. The SMILES string of the molecule is CCc1c(N2CCOCC2=O)cccc1S(=O)(=O)N[C@@H](C(N)=O)C(=O)N1CCCC(C)(C)C1. The molecular formula is C22H32N4O6S. The number of nitrogens with two attached hydrogens (primary N) is 1. The Bertz CT molecular complexity index is 1040. The lowest BCUT2D eigenvalue weighted by Crippen LogP contribution is -2.57. The number of hydrogen-bond acceptors (Lipinski definition) is 6. The lowest BCUT2D eigenvalue weighted by molar-refractivity contribution is -0.140. The topological polar surface area (TPSA) is 139 Å². The van der Waals surface area contributed by atoms with E-state index >= 15 is 0 Å². The van der Waals surface area contributed by atoms with Crippen LogP contribution in [0.1, 0.15) is 39.2 Å². The Morgan fingerprint density at radius 1 is 1.27 bits per heavy atom. The zero-order valence-electron chi connectivity index (χ0n) is 19.3. The van der Waals surface area contributed by atoms with Gasteiger partial charge in [-0.15, -0.1) is 0 Å². The minimum Gasteiger partial charge on any atom is -0.370 e. The van der Waals surface area contributed by atoms with E-state index in [0.717, 1.165) is 12.8 Å². The molecule has 1 atom stereocenters. The van der Waals surface area contributed by atoms with Gasteiger partial charge in [-0.1, -0.05) is 26.8 Å². The van der Waals surface area contributed by atoms with E-state index in [1.165, 1.54) is 21.9 Å². The highest BCUT2D eigenvalue weighted by Gasteiger charge is 2.38. The molecule has 0 unspecified atom stereocenters. The molecule has 2 aliphatic heterocycles. The number of hydrogen-bond donors (Lipinski definition) is 2. The maximum absolute atomic E-state index is 13.3. The average Bonchev–Trinajstić information content (AvgIpc) is 2.76. The maximum Gasteiger partial charge on any atom is 0.253 e. The van der Waals surface area contributed by atoms with Crippen LogP contribution >= 0.6 is 0 Å². The van der Waals surface area contributed by atoms with Gasteiger partial charge in [-0.2, -0.15) is 4.72 Å². The highest BCUT2D eigenvalue weighted by molar-refractivity contribution is 7.89. The molecule has 0 spiro atoms. The molecule has 0 radical (unpaired) electrons. The Labute approximate surface area is 194 Å². The van der Waals surface area contributed by atoms with Crippen LogP contribution in [0.3, 0.4) is 0 Å². The molecule has 10 nitrogen and oxygen atoms in total. The Kier molecular flexibility index (Phi) is 7.45. The quantitative estimate of drug-likeness (QED) is 0.542. The second-order valence-electron chi connectivity index (χ2n) is 9.19. The second-order valence-corrected chi connectivity index (χ2v) is 10.9. The van der Waals surface area contributed by atoms with Crippen LogP contribution < -0.4 is 15.4 Å². The van der Waals surface area contributed by atoms with Gasteiger partial charge in [0.15, 0.2) is 6.04 Å². The summed E-state index contributed by atoms with van der Waals surface area (Å²) in [6, 6.07) is 2.87. The van der Waals surface area contributed by atoms with Crippen molar-refractivity contribution in [3.63, 3.8) is 0 Å². The molecule has 11 heteroatoms. The number of rotatable bonds is 7. The molecule has 0 saturated carbocycles. The fourth-order valence-corrected chi connectivity index (χ4v) is 5.91. The van der Waals surface area contributed by atoms with Crippen LogP contribution in [0.4, 0.5) is 5.69 Å². The fourth-order valence-electron chi connectivity index (χ4n) is 4.43. The summed E-state index contributed by atoms with van der Waals surface area (Å²) in [7, 11) is -4.31. The lowest BCUT2D eigenvalue weighted by Gasteiger charge is -2.39. The van der Waals surface area contributed by atoms with Crippen LogP contribution in [0, 0.1) is 5.41 Å². The van der Waals surface area contributed by atoms with Crippen LogP contribution in [-0.2, 0) is 35.6 Å². The summed E-state index contributed by atoms with van der Waals surface area (Å²) in [6.07, 6.45) is 2.00. The number of morpholine rings is 1. The van der Waals surface area contributed by atoms with Gasteiger partial charge >= 0.3 is 0 Å². The second kappa shape index (κ2) is 9.78. The summed E-state index contributed by atoms with van der Waals surface area (Å²) in [5.41, 5.74) is 6.20. The van der Waals surface area contributed by atoms with E-state index in [9.17, 15) is 22.8 Å². The van der Waals surface area contributed by atoms with Crippen molar-refractivity contribution in [1.29, 1.82) is 0 Å². The molecule has 3 N–H and O–H groups in total. The van der Waals surface area contributed by atoms with E-state index in [0.29, 0.717) is 43.9 Å². The summed E-state index contributed by atoms with van der Waals surface area (Å²) >= 11 is 0. The van der Waals surface area contributed by atoms with Gasteiger partial charge in [-0.05, 0) is 42.4 Å². The summed E-state index contributed by atoms with van der Waals surface area (Å²) in [6.45, 7) is 7.21. The molecule has 182 valence electrons. The number of ether oxygens (including phenoxy) is 1. The predicted molar refractivity (Wildman–Crippen MR) is 122 cm³/mol. The first kappa shape index (κ1) is 25.1. The standard InChI is InChI=1S/C22H32N4O6S/c1-4-15-16(26-11-12-32-13-18(26)27)7-5-8-17(15)33(30,31)24-19(20(23)28)21(29)25-10-6-9-22(2,3)14-25/h5,7-8,19,24H,4,6,9-14H2,1-3H3,(H2,23,28)/t19-/m0/s1. The number of nitrogens with one attached hydrogen (secondary N) is 1. The number of anilines is 1. The van der Waals surface area contributed by atoms with E-state index in [1.54, 1.807) is 13.0 Å². The van der Waals surface area contributed by atoms with Gasteiger partial charge in [0.05, 0.1) is 11.5 Å². The van der Waals surface area contributed by atoms with Gasteiger partial charge < -0.3 is 20.3 Å². The minimum absolute atomic E-state index is 0.0805. The number of piperidine rings is 1. The number of benzene rings is 1. The van der Waals surface area contributed by atoms with Crippen LogP contribution in [0.2, 0.25) is 0 Å². The number of likely N-dealkylation sites (tertiary alicyclic amines) is 1. The molecular weight excluding hydrogens is 448 g/mol. The molecule has 2 heterocycles. The molecule has 3 amide bonds. The van der Waals surface area contributed by atoms with Crippen molar-refractivity contribution in [2.24, 2.45) is 11.1 Å². The van der Waals surface area contributed by atoms with E-state index < -0.39 is 27.9 Å². The maximum atomic E-state index is 13.3. The van der Waals surface area contributed by atoms with Crippen molar-refractivity contribution in [3.05, 3.63) is 23.8 Å². The van der Waals surface area contributed by atoms with E-state index in [2.05, 4.69) is 4.72 Å². The summed E-state index contributed by atoms with van der Waals surface area (Å²) in [4.78, 5) is 40.4. The Morgan fingerprint density at radius 2 is 2.00 bits per heavy atom. The molecule has 2 aliphatic rings. The van der Waals surface area contributed by atoms with E-state index in [4.69, 9.17) is 10.5 Å². The number of sulfonamides is 1. The summed E-state index contributed by atoms with van der Waals surface area (Å²) < 4.78 is 34.1. The first-order valence-electron chi connectivity index (χ1n) is 11.1. The van der Waals surface area contributed by atoms with Crippen molar-refractivity contribution in [2.45, 2.75) is 51.0 Å². The van der Waals surface area contributed by atoms with Crippen molar-refractivity contribution in [2.75, 3.05) is 37.7 Å². The Balaban J connectivity index is 1.92. The highest BCUT2D eigenvalue weighted by atomic mass is 32.2. The van der Waals surface area contributed by atoms with Crippen LogP contribution in [-0.4, -0.2) is 69.9 Å². The van der Waals surface area contributed by atoms with Crippen molar-refractivity contribution >= 4 is 33.4 Å². The molecule has 2 saturated heterocycles. The van der Waals surface area contributed by atoms with E-state index in [1.807, 2.05) is 13.8 Å². The molecule has 0 bridgehead atoms. The van der Waals surface area contributed by atoms with Gasteiger partial charge in [0.2, 0.25) is 21.8 Å². The van der Waals surface area contributed by atoms with Crippen LogP contribution in [0.5, 0.6) is 0 Å². The minimum atomic E-state index is -4.31. The Hall–Kier alpha value is -2.50. The zero-order chi connectivity index (χ0) is 24.4. The molecule has 3 rings (SSSR count). The fraction of sp³-hybridized carbons (Fsp3) is 0.591. The molecule has 2 fully saturated rings.